The molecule has 0 radical (unpaired) electrons. The first-order chi connectivity index (χ1) is 14.6. The van der Waals surface area contributed by atoms with Gasteiger partial charge in [-0.15, -0.1) is 0 Å². The van der Waals surface area contributed by atoms with Gasteiger partial charge in [-0.2, -0.15) is 5.26 Å². The van der Waals surface area contributed by atoms with Crippen molar-refractivity contribution >= 4 is 23.2 Å². The minimum atomic E-state index is -0.0775. The maximum atomic E-state index is 12.8. The average Bonchev–Trinajstić information content (AvgIpc) is 2.95. The molecule has 2 amide bonds. The van der Waals surface area contributed by atoms with Gasteiger partial charge in [0, 0.05) is 61.7 Å². The molecular formula is C24H24N4O2. The largest absolute Gasteiger partial charge is 0.370 e. The van der Waals surface area contributed by atoms with Crippen molar-refractivity contribution in [3.05, 3.63) is 71.8 Å². The third-order valence-electron chi connectivity index (χ3n) is 5.80. The summed E-state index contributed by atoms with van der Waals surface area (Å²) in [6.07, 6.45) is 1.17. The van der Waals surface area contributed by atoms with Crippen LogP contribution < -0.4 is 4.90 Å². The zero-order valence-electron chi connectivity index (χ0n) is 16.9. The van der Waals surface area contributed by atoms with Crippen LogP contribution in [-0.2, 0) is 4.79 Å². The van der Waals surface area contributed by atoms with E-state index in [-0.39, 0.29) is 18.2 Å². The second kappa shape index (κ2) is 8.42. The highest BCUT2D eigenvalue weighted by Crippen LogP contribution is 2.31. The van der Waals surface area contributed by atoms with Gasteiger partial charge in [0.15, 0.2) is 0 Å². The van der Waals surface area contributed by atoms with Crippen LogP contribution in [0, 0.1) is 11.3 Å². The summed E-state index contributed by atoms with van der Waals surface area (Å²) in [6, 6.07) is 17.1. The highest BCUT2D eigenvalue weighted by molar-refractivity contribution is 6.08. The molecule has 6 heteroatoms. The molecule has 6 nitrogen and oxygen atoms in total. The Labute approximate surface area is 176 Å². The smallest absolute Gasteiger partial charge is 0.258 e. The molecule has 2 aromatic rings. The van der Waals surface area contributed by atoms with E-state index in [1.54, 1.807) is 11.0 Å². The first kappa shape index (κ1) is 19.7. The molecule has 0 aliphatic carbocycles. The Kier molecular flexibility index (Phi) is 5.53. The molecule has 0 atom stereocenters. The van der Waals surface area contributed by atoms with E-state index in [1.165, 1.54) is 0 Å². The van der Waals surface area contributed by atoms with Crippen LogP contribution in [-0.4, -0.2) is 54.3 Å². The molecule has 1 saturated heterocycles. The van der Waals surface area contributed by atoms with E-state index in [0.29, 0.717) is 36.5 Å². The Hall–Kier alpha value is -3.59. The molecule has 0 saturated carbocycles. The SMILES string of the molecule is C=C1c2ccccc2C(=O)N1CCC(=O)N1CCCN(c2ccc(C#N)cc2)CC1. The average molecular weight is 400 g/mol. The minimum absolute atomic E-state index is 0.0632. The summed E-state index contributed by atoms with van der Waals surface area (Å²) >= 11 is 0. The van der Waals surface area contributed by atoms with Crippen LogP contribution in [0.2, 0.25) is 0 Å². The van der Waals surface area contributed by atoms with Crippen LogP contribution in [0.3, 0.4) is 0 Å². The third-order valence-corrected chi connectivity index (χ3v) is 5.80. The number of nitrogens with zero attached hydrogens (tertiary/aromatic N) is 4. The van der Waals surface area contributed by atoms with E-state index < -0.39 is 0 Å². The van der Waals surface area contributed by atoms with Gasteiger partial charge in [0.25, 0.3) is 5.91 Å². The lowest BCUT2D eigenvalue weighted by molar-refractivity contribution is -0.131. The second-order valence-electron chi connectivity index (χ2n) is 7.58. The van der Waals surface area contributed by atoms with E-state index in [0.717, 1.165) is 30.8 Å². The molecule has 0 unspecified atom stereocenters. The van der Waals surface area contributed by atoms with Gasteiger partial charge in [-0.05, 0) is 36.8 Å². The molecule has 1 fully saturated rings. The zero-order valence-corrected chi connectivity index (χ0v) is 16.9. The fraction of sp³-hybridized carbons (Fsp3) is 0.292. The third kappa shape index (κ3) is 3.79. The van der Waals surface area contributed by atoms with Gasteiger partial charge >= 0.3 is 0 Å². The number of amides is 2. The molecule has 2 aliphatic heterocycles. The highest BCUT2D eigenvalue weighted by atomic mass is 16.2. The van der Waals surface area contributed by atoms with Gasteiger partial charge in [-0.25, -0.2) is 0 Å². The number of benzene rings is 2. The molecule has 4 rings (SSSR count). The number of hydrogen-bond donors (Lipinski definition) is 0. The summed E-state index contributed by atoms with van der Waals surface area (Å²) in [5, 5.41) is 8.95. The summed E-state index contributed by atoms with van der Waals surface area (Å²) in [7, 11) is 0. The number of carbonyl (C=O) groups excluding carboxylic acids is 2. The quantitative estimate of drug-likeness (QED) is 0.791. The van der Waals surface area contributed by atoms with Crippen LogP contribution in [0.1, 0.15) is 34.3 Å². The molecule has 0 bridgehead atoms. The van der Waals surface area contributed by atoms with Crippen molar-refractivity contribution < 1.29 is 9.59 Å². The fourth-order valence-corrected chi connectivity index (χ4v) is 4.11. The number of rotatable bonds is 4. The Morgan fingerprint density at radius 2 is 1.73 bits per heavy atom. The first-order valence-corrected chi connectivity index (χ1v) is 10.2. The van der Waals surface area contributed by atoms with Crippen molar-refractivity contribution in [3.63, 3.8) is 0 Å². The first-order valence-electron chi connectivity index (χ1n) is 10.2. The van der Waals surface area contributed by atoms with Crippen LogP contribution in [0.15, 0.2) is 55.1 Å². The van der Waals surface area contributed by atoms with Crippen molar-refractivity contribution in [2.24, 2.45) is 0 Å². The van der Waals surface area contributed by atoms with E-state index in [4.69, 9.17) is 5.26 Å². The summed E-state index contributed by atoms with van der Waals surface area (Å²) in [4.78, 5) is 31.2. The Bertz CT molecular complexity index is 987. The summed E-state index contributed by atoms with van der Waals surface area (Å²) < 4.78 is 0. The van der Waals surface area contributed by atoms with Gasteiger partial charge < -0.3 is 14.7 Å². The van der Waals surface area contributed by atoms with E-state index in [2.05, 4.69) is 17.5 Å². The Morgan fingerprint density at radius 1 is 1.00 bits per heavy atom. The van der Waals surface area contributed by atoms with E-state index >= 15 is 0 Å². The number of anilines is 1. The van der Waals surface area contributed by atoms with Crippen molar-refractivity contribution in [2.45, 2.75) is 12.8 Å². The predicted molar refractivity (Wildman–Crippen MR) is 116 cm³/mol. The lowest BCUT2D eigenvalue weighted by atomic mass is 10.1. The lowest BCUT2D eigenvalue weighted by Gasteiger charge is -2.24. The number of nitriles is 1. The fourth-order valence-electron chi connectivity index (χ4n) is 4.11. The van der Waals surface area contributed by atoms with Gasteiger partial charge in [-0.3, -0.25) is 9.59 Å². The Morgan fingerprint density at radius 3 is 2.43 bits per heavy atom. The summed E-state index contributed by atoms with van der Waals surface area (Å²) in [6.45, 7) is 7.36. The zero-order chi connectivity index (χ0) is 21.1. The highest BCUT2D eigenvalue weighted by Gasteiger charge is 2.31. The number of carbonyl (C=O) groups is 2. The Balaban J connectivity index is 1.33. The van der Waals surface area contributed by atoms with Crippen LogP contribution in [0.4, 0.5) is 5.69 Å². The number of fused-ring (bicyclic) bond motifs is 1. The van der Waals surface area contributed by atoms with Crippen LogP contribution >= 0.6 is 0 Å². The second-order valence-corrected chi connectivity index (χ2v) is 7.58. The van der Waals surface area contributed by atoms with Crippen molar-refractivity contribution in [1.82, 2.24) is 9.80 Å². The van der Waals surface area contributed by atoms with E-state index in [9.17, 15) is 9.59 Å². The predicted octanol–water partition coefficient (Wildman–Crippen LogP) is 3.11. The maximum Gasteiger partial charge on any atom is 0.258 e. The molecule has 2 aromatic carbocycles. The molecule has 152 valence electrons. The minimum Gasteiger partial charge on any atom is -0.370 e. The van der Waals surface area contributed by atoms with Crippen molar-refractivity contribution in [3.8, 4) is 6.07 Å². The molecule has 2 aliphatic rings. The van der Waals surface area contributed by atoms with E-state index in [1.807, 2.05) is 47.4 Å². The standard InChI is InChI=1S/C24H24N4O2/c1-18-21-5-2-3-6-22(21)24(30)28(18)14-11-23(29)27-13-4-12-26(15-16-27)20-9-7-19(17-25)8-10-20/h2-3,5-10H,1,4,11-16H2. The van der Waals surface area contributed by atoms with Crippen molar-refractivity contribution in [1.29, 1.82) is 5.26 Å². The van der Waals surface area contributed by atoms with Crippen molar-refractivity contribution in [2.75, 3.05) is 37.6 Å². The van der Waals surface area contributed by atoms with Gasteiger partial charge in [0.1, 0.15) is 0 Å². The van der Waals surface area contributed by atoms with Crippen LogP contribution in [0.5, 0.6) is 0 Å². The van der Waals surface area contributed by atoms with Gasteiger partial charge in [0.2, 0.25) is 5.91 Å². The lowest BCUT2D eigenvalue weighted by Crippen LogP contribution is -2.37. The number of hydrogen-bond acceptors (Lipinski definition) is 4. The van der Waals surface area contributed by atoms with Gasteiger partial charge in [0.05, 0.1) is 11.6 Å². The molecular weight excluding hydrogens is 376 g/mol. The topological polar surface area (TPSA) is 67.7 Å². The molecule has 0 spiro atoms. The van der Waals surface area contributed by atoms with Gasteiger partial charge in [-0.1, -0.05) is 24.8 Å². The monoisotopic (exact) mass is 400 g/mol. The molecule has 0 N–H and O–H groups in total. The molecule has 30 heavy (non-hydrogen) atoms. The van der Waals surface area contributed by atoms with Crippen LogP contribution in [0.25, 0.3) is 5.70 Å². The maximum absolute atomic E-state index is 12.8. The molecule has 2 heterocycles. The summed E-state index contributed by atoms with van der Waals surface area (Å²) in [5.74, 6) is -0.0144. The normalized spacial score (nSPS) is 16.3. The summed E-state index contributed by atoms with van der Waals surface area (Å²) in [5.41, 5.74) is 3.89. The molecule has 0 aromatic heterocycles.